The Labute approximate surface area is 206 Å². The number of hydrogen-bond acceptors (Lipinski definition) is 3. The molecule has 1 fully saturated rings. The molecule has 4 rings (SSSR count). The molecule has 1 aliphatic carbocycles. The maximum atomic E-state index is 13.7. The molecule has 0 bridgehead atoms. The predicted molar refractivity (Wildman–Crippen MR) is 132 cm³/mol. The summed E-state index contributed by atoms with van der Waals surface area (Å²) in [6.45, 7) is 2.85. The van der Waals surface area contributed by atoms with Crippen LogP contribution in [0.5, 0.6) is 0 Å². The normalized spacial score (nSPS) is 16.7. The maximum Gasteiger partial charge on any atom is 0.159 e. The van der Waals surface area contributed by atoms with E-state index >= 15 is 0 Å². The lowest BCUT2D eigenvalue weighted by molar-refractivity contribution is 0.221. The summed E-state index contributed by atoms with van der Waals surface area (Å²) < 4.78 is 32.6. The molecule has 0 radical (unpaired) electrons. The van der Waals surface area contributed by atoms with Crippen LogP contribution in [-0.2, 0) is 19.6 Å². The standard InChI is InChI=1S/C26H26F2N2O.2ClH/c1-3-12-29(2)16-19-6-8-20(9-7-19)17-30(18-22-5-4-13-31-22)26-15-23(26)21-10-11-24(27)25(28)14-21;;/h1,4-11,13-14,23,26H,12,15-18H2,2H3;2*1H/t23-,26+;;/m0../s1. The molecule has 0 aliphatic heterocycles. The second-order valence-electron chi connectivity index (χ2n) is 8.26. The van der Waals surface area contributed by atoms with Gasteiger partial charge in [-0.1, -0.05) is 36.3 Å². The van der Waals surface area contributed by atoms with Crippen molar-refractivity contribution in [2.75, 3.05) is 13.6 Å². The van der Waals surface area contributed by atoms with Gasteiger partial charge in [-0.05, 0) is 54.4 Å². The summed E-state index contributed by atoms with van der Waals surface area (Å²) >= 11 is 0. The van der Waals surface area contributed by atoms with Gasteiger partial charge in [0.15, 0.2) is 11.6 Å². The van der Waals surface area contributed by atoms with Crippen molar-refractivity contribution in [3.05, 3.63) is 94.9 Å². The summed E-state index contributed by atoms with van der Waals surface area (Å²) in [5.74, 6) is 2.15. The highest BCUT2D eigenvalue weighted by molar-refractivity contribution is 5.85. The minimum absolute atomic E-state index is 0. The molecule has 3 nitrogen and oxygen atoms in total. The molecule has 3 aromatic rings. The first-order valence-corrected chi connectivity index (χ1v) is 10.4. The van der Waals surface area contributed by atoms with Gasteiger partial charge >= 0.3 is 0 Å². The zero-order valence-corrected chi connectivity index (χ0v) is 20.0. The van der Waals surface area contributed by atoms with Crippen molar-refractivity contribution in [2.45, 2.75) is 38.0 Å². The Morgan fingerprint density at radius 2 is 1.67 bits per heavy atom. The van der Waals surface area contributed by atoms with Crippen LogP contribution < -0.4 is 0 Å². The van der Waals surface area contributed by atoms with Crippen molar-refractivity contribution in [1.82, 2.24) is 9.80 Å². The van der Waals surface area contributed by atoms with Crippen LogP contribution in [0.25, 0.3) is 0 Å². The molecule has 2 atom stereocenters. The van der Waals surface area contributed by atoms with Crippen LogP contribution in [-0.4, -0.2) is 29.4 Å². The van der Waals surface area contributed by atoms with Crippen LogP contribution in [0.2, 0.25) is 0 Å². The zero-order chi connectivity index (χ0) is 21.8. The van der Waals surface area contributed by atoms with E-state index in [2.05, 4.69) is 40.0 Å². The first-order chi connectivity index (χ1) is 15.0. The van der Waals surface area contributed by atoms with Gasteiger partial charge in [-0.3, -0.25) is 9.80 Å². The second-order valence-corrected chi connectivity index (χ2v) is 8.26. The summed E-state index contributed by atoms with van der Waals surface area (Å²) in [5.41, 5.74) is 3.26. The number of terminal acetylenes is 1. The molecule has 0 amide bonds. The molecule has 1 aliphatic rings. The monoisotopic (exact) mass is 492 g/mol. The Balaban J connectivity index is 0.00000193. The van der Waals surface area contributed by atoms with Gasteiger partial charge in [0.1, 0.15) is 5.76 Å². The Bertz CT molecular complexity index is 1050. The second kappa shape index (κ2) is 12.2. The Kier molecular flexibility index (Phi) is 9.94. The van der Waals surface area contributed by atoms with E-state index in [4.69, 9.17) is 10.8 Å². The molecular formula is C26H28Cl2F2N2O. The third kappa shape index (κ3) is 7.06. The molecule has 33 heavy (non-hydrogen) atoms. The van der Waals surface area contributed by atoms with E-state index in [1.807, 2.05) is 19.2 Å². The smallest absolute Gasteiger partial charge is 0.159 e. The highest BCUT2D eigenvalue weighted by Gasteiger charge is 2.43. The molecule has 2 aromatic carbocycles. The van der Waals surface area contributed by atoms with Crippen molar-refractivity contribution in [2.24, 2.45) is 0 Å². The highest BCUT2D eigenvalue weighted by Crippen LogP contribution is 2.46. The first-order valence-electron chi connectivity index (χ1n) is 10.4. The fourth-order valence-corrected chi connectivity index (χ4v) is 4.09. The lowest BCUT2D eigenvalue weighted by atomic mass is 10.1. The van der Waals surface area contributed by atoms with Crippen LogP contribution in [0.15, 0.2) is 65.3 Å². The Morgan fingerprint density at radius 3 is 2.27 bits per heavy atom. The molecule has 7 heteroatoms. The van der Waals surface area contributed by atoms with E-state index < -0.39 is 11.6 Å². The largest absolute Gasteiger partial charge is 0.468 e. The molecular weight excluding hydrogens is 465 g/mol. The van der Waals surface area contributed by atoms with E-state index in [1.165, 1.54) is 23.3 Å². The van der Waals surface area contributed by atoms with Gasteiger partial charge < -0.3 is 4.42 Å². The van der Waals surface area contributed by atoms with Gasteiger partial charge in [0.25, 0.3) is 0 Å². The minimum Gasteiger partial charge on any atom is -0.468 e. The van der Waals surface area contributed by atoms with Gasteiger partial charge in [0.2, 0.25) is 0 Å². The van der Waals surface area contributed by atoms with Crippen LogP contribution in [0.1, 0.15) is 34.8 Å². The van der Waals surface area contributed by atoms with Crippen LogP contribution in [0.4, 0.5) is 8.78 Å². The molecule has 0 spiro atoms. The summed E-state index contributed by atoms with van der Waals surface area (Å²) in [4.78, 5) is 4.44. The lowest BCUT2D eigenvalue weighted by Crippen LogP contribution is -2.26. The first kappa shape index (κ1) is 26.9. The minimum atomic E-state index is -0.804. The van der Waals surface area contributed by atoms with Gasteiger partial charge in [-0.25, -0.2) is 8.78 Å². The summed E-state index contributed by atoms with van der Waals surface area (Å²) in [6, 6.07) is 16.9. The van der Waals surface area contributed by atoms with Gasteiger partial charge in [-0.2, -0.15) is 0 Å². The van der Waals surface area contributed by atoms with Crippen molar-refractivity contribution < 1.29 is 13.2 Å². The molecule has 1 aromatic heterocycles. The van der Waals surface area contributed by atoms with Crippen LogP contribution in [0, 0.1) is 24.0 Å². The number of hydrogen-bond donors (Lipinski definition) is 0. The molecule has 0 N–H and O–H groups in total. The van der Waals surface area contributed by atoms with Crippen molar-refractivity contribution in [3.8, 4) is 12.3 Å². The van der Waals surface area contributed by atoms with E-state index in [9.17, 15) is 8.78 Å². The van der Waals surface area contributed by atoms with E-state index in [0.29, 0.717) is 13.1 Å². The molecule has 1 heterocycles. The fraction of sp³-hybridized carbons (Fsp3) is 0.308. The number of furan rings is 1. The van der Waals surface area contributed by atoms with Gasteiger partial charge in [-0.15, -0.1) is 31.2 Å². The van der Waals surface area contributed by atoms with E-state index in [-0.39, 0.29) is 36.8 Å². The molecule has 176 valence electrons. The van der Waals surface area contributed by atoms with Crippen LogP contribution >= 0.6 is 24.8 Å². The average molecular weight is 493 g/mol. The van der Waals surface area contributed by atoms with E-state index in [1.54, 1.807) is 12.3 Å². The van der Waals surface area contributed by atoms with Gasteiger partial charge in [0.05, 0.1) is 19.4 Å². The average Bonchev–Trinajstić information content (AvgIpc) is 3.39. The third-order valence-corrected chi connectivity index (χ3v) is 5.76. The number of rotatable bonds is 9. The topological polar surface area (TPSA) is 19.6 Å². The highest BCUT2D eigenvalue weighted by atomic mass is 35.5. The molecule has 1 saturated carbocycles. The SMILES string of the molecule is C#CCN(C)Cc1ccc(CN(Cc2ccco2)[C@@H]2C[C@H]2c2ccc(F)c(F)c2)cc1.Cl.Cl. The van der Waals surface area contributed by atoms with Crippen LogP contribution in [0.3, 0.4) is 0 Å². The quantitative estimate of drug-likeness (QED) is 0.340. The number of nitrogens with zero attached hydrogens (tertiary/aromatic N) is 2. The summed E-state index contributed by atoms with van der Waals surface area (Å²) in [5, 5.41) is 0. The predicted octanol–water partition coefficient (Wildman–Crippen LogP) is 6.02. The van der Waals surface area contributed by atoms with Crippen molar-refractivity contribution in [1.29, 1.82) is 0 Å². The molecule has 0 unspecified atom stereocenters. The third-order valence-electron chi connectivity index (χ3n) is 5.76. The van der Waals surface area contributed by atoms with Crippen molar-refractivity contribution in [3.63, 3.8) is 0 Å². The number of benzene rings is 2. The Morgan fingerprint density at radius 1 is 0.970 bits per heavy atom. The maximum absolute atomic E-state index is 13.7. The molecule has 0 saturated heterocycles. The zero-order valence-electron chi connectivity index (χ0n) is 18.4. The summed E-state index contributed by atoms with van der Waals surface area (Å²) in [7, 11) is 2.00. The number of halogens is 4. The lowest BCUT2D eigenvalue weighted by Gasteiger charge is -2.22. The van der Waals surface area contributed by atoms with Gasteiger partial charge in [0, 0.05) is 25.0 Å². The van der Waals surface area contributed by atoms with Crippen molar-refractivity contribution >= 4 is 24.8 Å². The van der Waals surface area contributed by atoms with E-state index in [0.717, 1.165) is 30.8 Å². The summed E-state index contributed by atoms with van der Waals surface area (Å²) in [6.07, 6.45) is 7.97. The fourth-order valence-electron chi connectivity index (χ4n) is 4.09. The Hall–Kier alpha value is -2.36.